The first-order valence-electron chi connectivity index (χ1n) is 10.9. The second-order valence-corrected chi connectivity index (χ2v) is 9.28. The molecular weight excluding hydrogens is 438 g/mol. The number of nitrogens with zero attached hydrogens (tertiary/aromatic N) is 1. The van der Waals surface area contributed by atoms with Gasteiger partial charge in [-0.15, -0.1) is 9.35 Å². The molecule has 6 nitrogen and oxygen atoms in total. The van der Waals surface area contributed by atoms with Crippen molar-refractivity contribution in [3.05, 3.63) is 77.4 Å². The Morgan fingerprint density at radius 1 is 0.848 bits per heavy atom. The normalized spacial score (nSPS) is 13.2. The molecule has 1 aliphatic rings. The van der Waals surface area contributed by atoms with E-state index in [9.17, 15) is 18.0 Å². The lowest BCUT2D eigenvalue weighted by Crippen LogP contribution is -2.41. The predicted octanol–water partition coefficient (Wildman–Crippen LogP) is 5.08. The zero-order valence-corrected chi connectivity index (χ0v) is 19.0. The molecule has 4 rings (SSSR count). The van der Waals surface area contributed by atoms with Crippen LogP contribution in [0.5, 0.6) is 0 Å². The van der Waals surface area contributed by atoms with Crippen LogP contribution in [-0.4, -0.2) is 25.3 Å². The number of amides is 2. The molecule has 0 bridgehead atoms. The summed E-state index contributed by atoms with van der Waals surface area (Å²) in [4.78, 5) is 26.0. The Hall–Kier alpha value is -3.47. The molecule has 0 saturated carbocycles. The summed E-state index contributed by atoms with van der Waals surface area (Å²) in [6.45, 7) is 2.16. The highest BCUT2D eigenvalue weighted by Gasteiger charge is 2.37. The van der Waals surface area contributed by atoms with Crippen LogP contribution in [0.3, 0.4) is 0 Å². The van der Waals surface area contributed by atoms with E-state index < -0.39 is 21.9 Å². The number of hydroxylamine groups is 2. The lowest BCUT2D eigenvalue weighted by atomic mass is 9.92. The minimum Gasteiger partial charge on any atom is -0.266 e. The van der Waals surface area contributed by atoms with Crippen LogP contribution in [0, 0.1) is 11.8 Å². The van der Waals surface area contributed by atoms with Gasteiger partial charge in [-0.25, -0.2) is 0 Å². The molecule has 0 fully saturated rings. The fourth-order valence-electron chi connectivity index (χ4n) is 3.78. The Labute approximate surface area is 193 Å². The van der Waals surface area contributed by atoms with E-state index in [-0.39, 0.29) is 16.0 Å². The van der Waals surface area contributed by atoms with E-state index in [1.54, 1.807) is 36.4 Å². The predicted molar refractivity (Wildman–Crippen MR) is 125 cm³/mol. The summed E-state index contributed by atoms with van der Waals surface area (Å²) in [5.74, 6) is 4.67. The number of carbonyl (C=O) groups excluding carboxylic acids is 2. The molecule has 0 atom stereocenters. The van der Waals surface area contributed by atoms with E-state index in [0.29, 0.717) is 15.8 Å². The molecule has 0 aliphatic carbocycles. The summed E-state index contributed by atoms with van der Waals surface area (Å²) in [5.41, 5.74) is 1.10. The molecule has 0 saturated heterocycles. The summed E-state index contributed by atoms with van der Waals surface area (Å²) >= 11 is 0. The topological polar surface area (TPSA) is 80.8 Å². The van der Waals surface area contributed by atoms with Crippen molar-refractivity contribution in [2.24, 2.45) is 0 Å². The molecule has 33 heavy (non-hydrogen) atoms. The molecule has 0 aromatic heterocycles. The largest absolute Gasteiger partial charge is 0.318 e. The molecule has 0 radical (unpaired) electrons. The van der Waals surface area contributed by atoms with E-state index in [1.165, 1.54) is 30.7 Å². The van der Waals surface area contributed by atoms with E-state index in [2.05, 4.69) is 18.8 Å². The number of rotatable bonds is 7. The minimum absolute atomic E-state index is 0.154. The highest BCUT2D eigenvalue weighted by molar-refractivity contribution is 7.86. The summed E-state index contributed by atoms with van der Waals surface area (Å²) in [6.07, 6.45) is 5.30. The average Bonchev–Trinajstić information content (AvgIpc) is 2.83. The van der Waals surface area contributed by atoms with Crippen molar-refractivity contribution in [3.63, 3.8) is 0 Å². The van der Waals surface area contributed by atoms with Crippen molar-refractivity contribution in [2.45, 2.75) is 43.9 Å². The Kier molecular flexibility index (Phi) is 6.59. The van der Waals surface area contributed by atoms with Gasteiger partial charge in [-0.05, 0) is 42.1 Å². The van der Waals surface area contributed by atoms with Gasteiger partial charge in [-0.3, -0.25) is 9.59 Å². The van der Waals surface area contributed by atoms with Gasteiger partial charge in [-0.2, -0.15) is 8.42 Å². The molecule has 0 N–H and O–H groups in total. The zero-order chi connectivity index (χ0) is 23.4. The summed E-state index contributed by atoms with van der Waals surface area (Å²) in [6, 6.07) is 15.7. The van der Waals surface area contributed by atoms with Gasteiger partial charge < -0.3 is 0 Å². The first-order chi connectivity index (χ1) is 15.9. The lowest BCUT2D eigenvalue weighted by Gasteiger charge is -2.25. The standard InChI is InChI=1S/C26H23NO5S/c1-2-3-4-5-6-8-12-19-17-18-23-24-21(19)15-11-16-22(24)25(28)27(26(23)29)32-33(30,31)20-13-9-7-10-14-20/h7,9-11,13-18H,2-6H2,1H3. The minimum atomic E-state index is -4.37. The fraction of sp³-hybridized carbons (Fsp3) is 0.231. The van der Waals surface area contributed by atoms with Gasteiger partial charge in [0.2, 0.25) is 0 Å². The fourth-order valence-corrected chi connectivity index (χ4v) is 4.69. The van der Waals surface area contributed by atoms with Gasteiger partial charge in [0.15, 0.2) is 0 Å². The van der Waals surface area contributed by atoms with Crippen molar-refractivity contribution < 1.29 is 22.3 Å². The maximum absolute atomic E-state index is 13.1. The maximum Gasteiger partial charge on any atom is 0.318 e. The molecule has 0 unspecified atom stereocenters. The summed E-state index contributed by atoms with van der Waals surface area (Å²) in [5, 5.41) is 1.46. The average molecular weight is 462 g/mol. The first-order valence-corrected chi connectivity index (χ1v) is 12.3. The molecule has 1 aliphatic heterocycles. The SMILES string of the molecule is CCCCCCC#Cc1ccc2c3c(cccc13)C(=O)N(OS(=O)(=O)c1ccccc1)C2=O. The summed E-state index contributed by atoms with van der Waals surface area (Å²) < 4.78 is 30.2. The number of imide groups is 1. The van der Waals surface area contributed by atoms with E-state index in [0.717, 1.165) is 31.2 Å². The van der Waals surface area contributed by atoms with Gasteiger partial charge in [-0.1, -0.05) is 68.4 Å². The summed E-state index contributed by atoms with van der Waals surface area (Å²) in [7, 11) is -4.37. The zero-order valence-electron chi connectivity index (χ0n) is 18.2. The molecule has 0 spiro atoms. The van der Waals surface area contributed by atoms with Crippen LogP contribution in [0.15, 0.2) is 65.6 Å². The molecular formula is C26H23NO5S. The van der Waals surface area contributed by atoms with Crippen LogP contribution >= 0.6 is 0 Å². The molecule has 3 aromatic rings. The highest BCUT2D eigenvalue weighted by Crippen LogP contribution is 2.33. The van der Waals surface area contributed by atoms with Crippen LogP contribution < -0.4 is 0 Å². The van der Waals surface area contributed by atoms with Crippen molar-refractivity contribution in [1.82, 2.24) is 5.06 Å². The molecule has 168 valence electrons. The maximum atomic E-state index is 13.1. The number of unbranched alkanes of at least 4 members (excludes halogenated alkanes) is 4. The van der Waals surface area contributed by atoms with Crippen LogP contribution in [0.4, 0.5) is 0 Å². The molecule has 2 amide bonds. The Bertz CT molecular complexity index is 1360. The van der Waals surface area contributed by atoms with Gasteiger partial charge in [0, 0.05) is 17.4 Å². The smallest absolute Gasteiger partial charge is 0.266 e. The van der Waals surface area contributed by atoms with Gasteiger partial charge in [0.05, 0.1) is 16.0 Å². The second kappa shape index (κ2) is 9.57. The highest BCUT2D eigenvalue weighted by atomic mass is 32.2. The molecule has 7 heteroatoms. The van der Waals surface area contributed by atoms with Crippen molar-refractivity contribution in [3.8, 4) is 11.8 Å². The van der Waals surface area contributed by atoms with Crippen LogP contribution in [0.2, 0.25) is 0 Å². The quantitative estimate of drug-likeness (QED) is 0.279. The van der Waals surface area contributed by atoms with Crippen molar-refractivity contribution in [1.29, 1.82) is 0 Å². The third kappa shape index (κ3) is 4.54. The van der Waals surface area contributed by atoms with E-state index in [4.69, 9.17) is 4.28 Å². The lowest BCUT2D eigenvalue weighted by molar-refractivity contribution is -0.0155. The number of carbonyl (C=O) groups is 2. The number of hydrogen-bond acceptors (Lipinski definition) is 5. The van der Waals surface area contributed by atoms with Gasteiger partial charge >= 0.3 is 10.1 Å². The molecule has 1 heterocycles. The molecule has 3 aromatic carbocycles. The van der Waals surface area contributed by atoms with Crippen LogP contribution in [0.1, 0.15) is 65.3 Å². The first kappa shape index (κ1) is 22.7. The van der Waals surface area contributed by atoms with Crippen molar-refractivity contribution in [2.75, 3.05) is 0 Å². The Morgan fingerprint density at radius 3 is 2.30 bits per heavy atom. The Balaban J connectivity index is 1.67. The van der Waals surface area contributed by atoms with Gasteiger partial charge in [0.1, 0.15) is 0 Å². The van der Waals surface area contributed by atoms with Crippen LogP contribution in [-0.2, 0) is 14.4 Å². The van der Waals surface area contributed by atoms with Crippen molar-refractivity contribution >= 4 is 32.7 Å². The van der Waals surface area contributed by atoms with Gasteiger partial charge in [0.25, 0.3) is 11.8 Å². The van der Waals surface area contributed by atoms with Crippen LogP contribution in [0.25, 0.3) is 10.8 Å². The Morgan fingerprint density at radius 2 is 1.58 bits per heavy atom. The van der Waals surface area contributed by atoms with E-state index >= 15 is 0 Å². The van der Waals surface area contributed by atoms with E-state index in [1.807, 2.05) is 0 Å². The second-order valence-electron chi connectivity index (χ2n) is 7.75. The number of hydrogen-bond donors (Lipinski definition) is 0. The monoisotopic (exact) mass is 461 g/mol. The third-order valence-corrected chi connectivity index (χ3v) is 6.65. The third-order valence-electron chi connectivity index (χ3n) is 5.45. The number of benzene rings is 3.